The molecule has 0 bridgehead atoms. The standard InChI is InChI=1S/C15H23ClN4O2/c1-10-5-19(6-11(2)20(10)12-7-22-8-12)15-4-13(16)17-14(18-15)9-21-3/h4,10-12H,5-9H2,1-3H3. The molecule has 1 aromatic heterocycles. The van der Waals surface area contributed by atoms with Crippen molar-refractivity contribution in [1.82, 2.24) is 14.9 Å². The molecule has 3 rings (SSSR count). The number of piperazine rings is 1. The minimum absolute atomic E-state index is 0.373. The first-order valence-corrected chi connectivity index (χ1v) is 8.08. The van der Waals surface area contributed by atoms with E-state index in [1.165, 1.54) is 0 Å². The van der Waals surface area contributed by atoms with Gasteiger partial charge in [-0.3, -0.25) is 4.90 Å². The lowest BCUT2D eigenvalue weighted by Crippen LogP contribution is -2.64. The van der Waals surface area contributed by atoms with Crippen molar-refractivity contribution in [3.63, 3.8) is 0 Å². The fourth-order valence-electron chi connectivity index (χ4n) is 3.44. The fourth-order valence-corrected chi connectivity index (χ4v) is 3.64. The van der Waals surface area contributed by atoms with Crippen LogP contribution in [0.1, 0.15) is 19.7 Å². The zero-order valence-electron chi connectivity index (χ0n) is 13.3. The number of hydrogen-bond donors (Lipinski definition) is 0. The molecule has 2 aliphatic rings. The molecule has 2 unspecified atom stereocenters. The molecule has 0 N–H and O–H groups in total. The van der Waals surface area contributed by atoms with E-state index < -0.39 is 0 Å². The molecule has 7 heteroatoms. The van der Waals surface area contributed by atoms with Crippen molar-refractivity contribution in [1.29, 1.82) is 0 Å². The molecule has 0 aliphatic carbocycles. The summed E-state index contributed by atoms with van der Waals surface area (Å²) in [7, 11) is 1.63. The largest absolute Gasteiger partial charge is 0.378 e. The maximum atomic E-state index is 6.13. The van der Waals surface area contributed by atoms with Gasteiger partial charge in [-0.1, -0.05) is 11.6 Å². The van der Waals surface area contributed by atoms with Gasteiger partial charge in [0.1, 0.15) is 17.6 Å². The highest BCUT2D eigenvalue weighted by Crippen LogP contribution is 2.26. The van der Waals surface area contributed by atoms with E-state index in [0.29, 0.717) is 35.7 Å². The molecule has 0 amide bonds. The average molecular weight is 327 g/mol. The van der Waals surface area contributed by atoms with Crippen LogP contribution < -0.4 is 4.90 Å². The minimum atomic E-state index is 0.373. The van der Waals surface area contributed by atoms with Crippen LogP contribution in [-0.4, -0.2) is 66.4 Å². The third-order valence-electron chi connectivity index (χ3n) is 4.35. The predicted octanol–water partition coefficient (Wildman–Crippen LogP) is 1.57. The van der Waals surface area contributed by atoms with Crippen molar-refractivity contribution >= 4 is 17.4 Å². The van der Waals surface area contributed by atoms with Crippen LogP contribution in [0.5, 0.6) is 0 Å². The molecule has 0 aromatic carbocycles. The van der Waals surface area contributed by atoms with Gasteiger partial charge in [0.15, 0.2) is 5.82 Å². The smallest absolute Gasteiger partial charge is 0.158 e. The summed E-state index contributed by atoms with van der Waals surface area (Å²) < 4.78 is 10.5. The van der Waals surface area contributed by atoms with Gasteiger partial charge in [-0.25, -0.2) is 9.97 Å². The van der Waals surface area contributed by atoms with Crippen LogP contribution in [-0.2, 0) is 16.1 Å². The summed E-state index contributed by atoms with van der Waals surface area (Å²) in [5.41, 5.74) is 0. The Hall–Kier alpha value is -0.950. The first-order valence-electron chi connectivity index (χ1n) is 7.71. The van der Waals surface area contributed by atoms with Crippen LogP contribution in [0.2, 0.25) is 5.15 Å². The van der Waals surface area contributed by atoms with Gasteiger partial charge in [0.2, 0.25) is 0 Å². The number of hydrogen-bond acceptors (Lipinski definition) is 6. The molecule has 0 radical (unpaired) electrons. The average Bonchev–Trinajstić information content (AvgIpc) is 2.40. The summed E-state index contributed by atoms with van der Waals surface area (Å²) in [6.07, 6.45) is 0. The van der Waals surface area contributed by atoms with Gasteiger partial charge in [0.25, 0.3) is 0 Å². The summed E-state index contributed by atoms with van der Waals surface area (Å²) in [6.45, 7) is 8.47. The number of ether oxygens (including phenoxy) is 2. The molecule has 122 valence electrons. The van der Waals surface area contributed by atoms with Crippen LogP contribution in [0.15, 0.2) is 6.07 Å². The van der Waals surface area contributed by atoms with Gasteiger partial charge < -0.3 is 14.4 Å². The van der Waals surface area contributed by atoms with Gasteiger partial charge in [-0.15, -0.1) is 0 Å². The number of halogens is 1. The van der Waals surface area contributed by atoms with Crippen LogP contribution >= 0.6 is 11.6 Å². The van der Waals surface area contributed by atoms with E-state index in [9.17, 15) is 0 Å². The number of rotatable bonds is 4. The molecule has 0 spiro atoms. The molecule has 6 nitrogen and oxygen atoms in total. The van der Waals surface area contributed by atoms with E-state index in [2.05, 4.69) is 33.6 Å². The third kappa shape index (κ3) is 3.20. The van der Waals surface area contributed by atoms with Crippen molar-refractivity contribution in [3.05, 3.63) is 17.0 Å². The van der Waals surface area contributed by atoms with Crippen molar-refractivity contribution < 1.29 is 9.47 Å². The molecule has 0 saturated carbocycles. The lowest BCUT2D eigenvalue weighted by atomic mass is 10.0. The molecule has 1 aromatic rings. The van der Waals surface area contributed by atoms with Crippen LogP contribution in [0.3, 0.4) is 0 Å². The SMILES string of the molecule is COCc1nc(Cl)cc(N2CC(C)N(C3COC3)C(C)C2)n1. The summed E-state index contributed by atoms with van der Waals surface area (Å²) in [6, 6.07) is 3.31. The van der Waals surface area contributed by atoms with Gasteiger partial charge >= 0.3 is 0 Å². The van der Waals surface area contributed by atoms with Crippen molar-refractivity contribution in [3.8, 4) is 0 Å². The molecule has 22 heavy (non-hydrogen) atoms. The van der Waals surface area contributed by atoms with Crippen molar-refractivity contribution in [2.75, 3.05) is 38.3 Å². The Morgan fingerprint density at radius 3 is 2.50 bits per heavy atom. The molecular weight excluding hydrogens is 304 g/mol. The maximum Gasteiger partial charge on any atom is 0.158 e. The highest BCUT2D eigenvalue weighted by Gasteiger charge is 2.37. The van der Waals surface area contributed by atoms with Crippen LogP contribution in [0, 0.1) is 0 Å². The van der Waals surface area contributed by atoms with E-state index in [-0.39, 0.29) is 0 Å². The number of anilines is 1. The Bertz CT molecular complexity index is 514. The van der Waals surface area contributed by atoms with Crippen molar-refractivity contribution in [2.45, 2.75) is 38.6 Å². The van der Waals surface area contributed by atoms with Gasteiger partial charge in [0, 0.05) is 38.3 Å². The summed E-state index contributed by atoms with van der Waals surface area (Å²) in [4.78, 5) is 13.6. The van der Waals surface area contributed by atoms with Crippen LogP contribution in [0.25, 0.3) is 0 Å². The lowest BCUT2D eigenvalue weighted by Gasteiger charge is -2.50. The fraction of sp³-hybridized carbons (Fsp3) is 0.733. The van der Waals surface area contributed by atoms with E-state index in [1.807, 2.05) is 6.07 Å². The second-order valence-electron chi connectivity index (χ2n) is 6.14. The lowest BCUT2D eigenvalue weighted by molar-refractivity contribution is -0.0941. The third-order valence-corrected chi connectivity index (χ3v) is 4.55. The molecular formula is C15H23ClN4O2. The number of aromatic nitrogens is 2. The molecule has 2 atom stereocenters. The topological polar surface area (TPSA) is 50.7 Å². The first-order chi connectivity index (χ1) is 10.6. The van der Waals surface area contributed by atoms with E-state index in [4.69, 9.17) is 21.1 Å². The Morgan fingerprint density at radius 1 is 1.27 bits per heavy atom. The van der Waals surface area contributed by atoms with E-state index in [0.717, 1.165) is 32.1 Å². The second kappa shape index (κ2) is 6.66. The molecule has 2 saturated heterocycles. The van der Waals surface area contributed by atoms with Gasteiger partial charge in [0.05, 0.1) is 19.3 Å². The second-order valence-corrected chi connectivity index (χ2v) is 6.53. The highest BCUT2D eigenvalue weighted by molar-refractivity contribution is 6.29. The highest BCUT2D eigenvalue weighted by atomic mass is 35.5. The Balaban J connectivity index is 1.76. The molecule has 2 fully saturated rings. The minimum Gasteiger partial charge on any atom is -0.378 e. The van der Waals surface area contributed by atoms with Gasteiger partial charge in [-0.2, -0.15) is 0 Å². The number of methoxy groups -OCH3 is 1. The summed E-state index contributed by atoms with van der Waals surface area (Å²) in [5, 5.41) is 0.465. The Morgan fingerprint density at radius 2 is 1.95 bits per heavy atom. The van der Waals surface area contributed by atoms with E-state index in [1.54, 1.807) is 7.11 Å². The Labute approximate surface area is 136 Å². The van der Waals surface area contributed by atoms with Gasteiger partial charge in [-0.05, 0) is 13.8 Å². The van der Waals surface area contributed by atoms with E-state index >= 15 is 0 Å². The maximum absolute atomic E-state index is 6.13. The predicted molar refractivity (Wildman–Crippen MR) is 85.3 cm³/mol. The van der Waals surface area contributed by atoms with Crippen LogP contribution in [0.4, 0.5) is 5.82 Å². The zero-order chi connectivity index (χ0) is 15.7. The molecule has 2 aliphatic heterocycles. The number of nitrogens with zero attached hydrogens (tertiary/aromatic N) is 4. The monoisotopic (exact) mass is 326 g/mol. The summed E-state index contributed by atoms with van der Waals surface area (Å²) in [5.74, 6) is 1.51. The van der Waals surface area contributed by atoms with Crippen molar-refractivity contribution in [2.24, 2.45) is 0 Å². The quantitative estimate of drug-likeness (QED) is 0.783. The molecule has 3 heterocycles. The summed E-state index contributed by atoms with van der Waals surface area (Å²) >= 11 is 6.13. The first kappa shape index (κ1) is 15.9. The zero-order valence-corrected chi connectivity index (χ0v) is 14.1. The Kier molecular flexibility index (Phi) is 4.82. The normalized spacial score (nSPS) is 27.0.